The minimum atomic E-state index is -0.990. The topological polar surface area (TPSA) is 74.2 Å². The van der Waals surface area contributed by atoms with Crippen molar-refractivity contribution in [1.29, 1.82) is 5.26 Å². The van der Waals surface area contributed by atoms with Gasteiger partial charge in [-0.15, -0.1) is 0 Å². The summed E-state index contributed by atoms with van der Waals surface area (Å²) in [6.45, 7) is 0. The van der Waals surface area contributed by atoms with E-state index in [2.05, 4.69) is 6.07 Å². The van der Waals surface area contributed by atoms with Crippen LogP contribution >= 0.6 is 0 Å². The minimum Gasteiger partial charge on any atom is -0.478 e. The lowest BCUT2D eigenvalue weighted by molar-refractivity contribution is 0.0697. The summed E-state index contributed by atoms with van der Waals surface area (Å²) in [5, 5.41) is 20.9. The highest BCUT2D eigenvalue weighted by atomic mass is 16.4. The first-order valence-corrected chi connectivity index (χ1v) is 8.69. The predicted octanol–water partition coefficient (Wildman–Crippen LogP) is 5.86. The number of furan rings is 1. The molecule has 0 aliphatic rings. The normalized spacial score (nSPS) is 11.3. The van der Waals surface area contributed by atoms with Crippen LogP contribution in [-0.2, 0) is 0 Å². The van der Waals surface area contributed by atoms with Crippen LogP contribution in [-0.4, -0.2) is 11.1 Å². The van der Waals surface area contributed by atoms with E-state index in [9.17, 15) is 10.1 Å². The van der Waals surface area contributed by atoms with Crippen molar-refractivity contribution in [3.63, 3.8) is 0 Å². The van der Waals surface area contributed by atoms with E-state index in [1.807, 2.05) is 42.5 Å². The molecule has 28 heavy (non-hydrogen) atoms. The van der Waals surface area contributed by atoms with Crippen molar-refractivity contribution in [1.82, 2.24) is 0 Å². The van der Waals surface area contributed by atoms with Gasteiger partial charge in [-0.1, -0.05) is 54.6 Å². The molecule has 0 saturated heterocycles. The minimum absolute atomic E-state index is 0.194. The van der Waals surface area contributed by atoms with E-state index in [-0.39, 0.29) is 5.56 Å². The number of aromatic carboxylic acids is 1. The van der Waals surface area contributed by atoms with Gasteiger partial charge in [-0.2, -0.15) is 5.26 Å². The second-order valence-electron chi connectivity index (χ2n) is 6.28. The third-order valence-corrected chi connectivity index (χ3v) is 4.51. The standard InChI is InChI=1S/C24H15NO3/c25-15-19(22-10-4-6-16-5-1-2-9-21(16)22)14-20-11-12-23(28-20)17-7-3-8-18(13-17)24(26)27/h1-14H,(H,26,27)/b19-14-. The number of nitriles is 1. The second kappa shape index (κ2) is 7.26. The fraction of sp³-hybridized carbons (Fsp3) is 0. The molecule has 0 radical (unpaired) electrons. The Balaban J connectivity index is 1.74. The molecule has 1 N–H and O–H groups in total. The molecule has 0 aliphatic heterocycles. The Morgan fingerprint density at radius 1 is 0.964 bits per heavy atom. The highest BCUT2D eigenvalue weighted by molar-refractivity contribution is 6.01. The molecule has 0 bridgehead atoms. The molecule has 0 unspecified atom stereocenters. The number of fused-ring (bicyclic) bond motifs is 1. The maximum absolute atomic E-state index is 11.2. The number of nitrogens with zero attached hydrogens (tertiary/aromatic N) is 1. The van der Waals surface area contributed by atoms with Crippen molar-refractivity contribution >= 4 is 28.4 Å². The summed E-state index contributed by atoms with van der Waals surface area (Å²) in [5.74, 6) is 0.0843. The van der Waals surface area contributed by atoms with Crippen molar-refractivity contribution < 1.29 is 14.3 Å². The molecule has 0 spiro atoms. The maximum atomic E-state index is 11.2. The van der Waals surface area contributed by atoms with Gasteiger partial charge in [0.1, 0.15) is 11.5 Å². The molecular weight excluding hydrogens is 350 g/mol. The number of hydrogen-bond donors (Lipinski definition) is 1. The van der Waals surface area contributed by atoms with Gasteiger partial charge in [0.05, 0.1) is 17.2 Å². The fourth-order valence-electron chi connectivity index (χ4n) is 3.16. The molecule has 0 atom stereocenters. The maximum Gasteiger partial charge on any atom is 0.335 e. The molecule has 3 aromatic carbocycles. The van der Waals surface area contributed by atoms with Gasteiger partial charge in [-0.05, 0) is 41.1 Å². The van der Waals surface area contributed by atoms with Crippen LogP contribution in [0.1, 0.15) is 21.7 Å². The molecule has 134 valence electrons. The quantitative estimate of drug-likeness (QED) is 0.460. The monoisotopic (exact) mass is 365 g/mol. The molecule has 1 aromatic heterocycles. The highest BCUT2D eigenvalue weighted by Gasteiger charge is 2.10. The lowest BCUT2D eigenvalue weighted by atomic mass is 9.98. The molecular formula is C24H15NO3. The molecule has 0 amide bonds. The Morgan fingerprint density at radius 3 is 2.57 bits per heavy atom. The average molecular weight is 365 g/mol. The van der Waals surface area contributed by atoms with Crippen LogP contribution in [0.25, 0.3) is 33.7 Å². The smallest absolute Gasteiger partial charge is 0.335 e. The van der Waals surface area contributed by atoms with E-state index < -0.39 is 5.97 Å². The third-order valence-electron chi connectivity index (χ3n) is 4.51. The zero-order chi connectivity index (χ0) is 19.5. The van der Waals surface area contributed by atoms with E-state index in [4.69, 9.17) is 9.52 Å². The lowest BCUT2D eigenvalue weighted by Crippen LogP contribution is -1.95. The fourth-order valence-corrected chi connectivity index (χ4v) is 3.16. The summed E-state index contributed by atoms with van der Waals surface area (Å²) in [6, 6.07) is 26.1. The van der Waals surface area contributed by atoms with Crippen LogP contribution in [0.15, 0.2) is 83.3 Å². The molecule has 0 saturated carbocycles. The first-order valence-electron chi connectivity index (χ1n) is 8.69. The Bertz CT molecular complexity index is 1250. The summed E-state index contributed by atoms with van der Waals surface area (Å²) < 4.78 is 5.85. The summed E-state index contributed by atoms with van der Waals surface area (Å²) in [4.78, 5) is 11.2. The van der Waals surface area contributed by atoms with Gasteiger partial charge >= 0.3 is 5.97 Å². The second-order valence-corrected chi connectivity index (χ2v) is 6.28. The molecule has 0 aliphatic carbocycles. The molecule has 4 rings (SSSR count). The largest absolute Gasteiger partial charge is 0.478 e. The Labute approximate surface area is 161 Å². The van der Waals surface area contributed by atoms with Crippen molar-refractivity contribution in [2.45, 2.75) is 0 Å². The first kappa shape index (κ1) is 17.3. The van der Waals surface area contributed by atoms with Crippen molar-refractivity contribution in [2.24, 2.45) is 0 Å². The van der Waals surface area contributed by atoms with Gasteiger partial charge in [0.25, 0.3) is 0 Å². The summed E-state index contributed by atoms with van der Waals surface area (Å²) >= 11 is 0. The number of carboxylic acids is 1. The van der Waals surface area contributed by atoms with E-state index in [0.29, 0.717) is 22.7 Å². The first-order chi connectivity index (χ1) is 13.7. The molecule has 4 heteroatoms. The van der Waals surface area contributed by atoms with Crippen LogP contribution in [0.5, 0.6) is 0 Å². The zero-order valence-electron chi connectivity index (χ0n) is 14.8. The number of benzene rings is 3. The molecule has 1 heterocycles. The van der Waals surface area contributed by atoms with Gasteiger partial charge in [0, 0.05) is 11.1 Å². The Morgan fingerprint density at radius 2 is 1.75 bits per heavy atom. The SMILES string of the molecule is N#C/C(=C/c1ccc(-c2cccc(C(=O)O)c2)o1)c1cccc2ccccc12. The van der Waals surface area contributed by atoms with E-state index in [0.717, 1.165) is 16.3 Å². The van der Waals surface area contributed by atoms with Crippen molar-refractivity contribution in [3.05, 3.63) is 95.7 Å². The molecule has 0 fully saturated rings. The van der Waals surface area contributed by atoms with Gasteiger partial charge in [0.2, 0.25) is 0 Å². The van der Waals surface area contributed by atoms with Gasteiger partial charge in [-0.3, -0.25) is 0 Å². The molecule has 4 nitrogen and oxygen atoms in total. The van der Waals surface area contributed by atoms with Crippen LogP contribution in [0.3, 0.4) is 0 Å². The molecule has 4 aromatic rings. The van der Waals surface area contributed by atoms with Crippen LogP contribution < -0.4 is 0 Å². The highest BCUT2D eigenvalue weighted by Crippen LogP contribution is 2.29. The number of rotatable bonds is 4. The summed E-state index contributed by atoms with van der Waals surface area (Å²) in [6.07, 6.45) is 1.70. The summed E-state index contributed by atoms with van der Waals surface area (Å²) in [7, 11) is 0. The summed E-state index contributed by atoms with van der Waals surface area (Å²) in [5.41, 5.74) is 2.20. The van der Waals surface area contributed by atoms with Crippen LogP contribution in [0, 0.1) is 11.3 Å². The van der Waals surface area contributed by atoms with Crippen LogP contribution in [0.4, 0.5) is 0 Å². The average Bonchev–Trinajstić information content (AvgIpc) is 3.20. The predicted molar refractivity (Wildman–Crippen MR) is 109 cm³/mol. The van der Waals surface area contributed by atoms with Gasteiger partial charge in [0.15, 0.2) is 0 Å². The van der Waals surface area contributed by atoms with E-state index in [1.54, 1.807) is 36.4 Å². The van der Waals surface area contributed by atoms with Crippen molar-refractivity contribution in [2.75, 3.05) is 0 Å². The number of allylic oxidation sites excluding steroid dienone is 1. The number of hydrogen-bond acceptors (Lipinski definition) is 3. The number of carbonyl (C=O) groups is 1. The third kappa shape index (κ3) is 3.29. The zero-order valence-corrected chi connectivity index (χ0v) is 14.8. The lowest BCUT2D eigenvalue weighted by Gasteiger charge is -2.05. The van der Waals surface area contributed by atoms with Crippen molar-refractivity contribution in [3.8, 4) is 17.4 Å². The van der Waals surface area contributed by atoms with Gasteiger partial charge < -0.3 is 9.52 Å². The number of carboxylic acid groups (broad SMARTS) is 1. The van der Waals surface area contributed by atoms with E-state index in [1.165, 1.54) is 6.07 Å². The Hall–Kier alpha value is -4.10. The van der Waals surface area contributed by atoms with Crippen LogP contribution in [0.2, 0.25) is 0 Å². The Kier molecular flexibility index (Phi) is 4.49. The van der Waals surface area contributed by atoms with E-state index >= 15 is 0 Å². The van der Waals surface area contributed by atoms with Gasteiger partial charge in [-0.25, -0.2) is 4.79 Å².